The summed E-state index contributed by atoms with van der Waals surface area (Å²) in [6.07, 6.45) is 1.48. The van der Waals surface area contributed by atoms with Crippen molar-refractivity contribution in [3.8, 4) is 0 Å². The molecule has 0 spiro atoms. The van der Waals surface area contributed by atoms with E-state index in [1.165, 1.54) is 6.20 Å². The van der Waals surface area contributed by atoms with Gasteiger partial charge >= 0.3 is 0 Å². The largest absolute Gasteiger partial charge is 0.256 e. The summed E-state index contributed by atoms with van der Waals surface area (Å²) in [4.78, 5) is 7.26. The van der Waals surface area contributed by atoms with E-state index in [1.54, 1.807) is 6.92 Å². The summed E-state index contributed by atoms with van der Waals surface area (Å²) in [6, 6.07) is 0. The molecule has 0 amide bonds. The van der Waals surface area contributed by atoms with E-state index in [2.05, 4.69) is 32.6 Å². The van der Waals surface area contributed by atoms with Crippen LogP contribution in [0.3, 0.4) is 0 Å². The molecule has 0 aromatic heterocycles. The van der Waals surface area contributed by atoms with E-state index in [-0.39, 0.29) is 0 Å². The van der Waals surface area contributed by atoms with Crippen molar-refractivity contribution in [3.63, 3.8) is 0 Å². The molecule has 0 heterocycles. The number of halogens is 2. The van der Waals surface area contributed by atoms with Crippen LogP contribution in [0.15, 0.2) is 20.8 Å². The Kier molecular flexibility index (Phi) is 4.62. The SMILES string of the molecule is C=N/C(Br)=C\N=C(C)Cl. The highest BCUT2D eigenvalue weighted by molar-refractivity contribution is 9.11. The smallest absolute Gasteiger partial charge is 0.123 e. The van der Waals surface area contributed by atoms with Gasteiger partial charge in [-0.15, -0.1) is 0 Å². The Morgan fingerprint density at radius 2 is 2.33 bits per heavy atom. The molecule has 0 aliphatic carbocycles. The fourth-order valence-electron chi connectivity index (χ4n) is 0.183. The van der Waals surface area contributed by atoms with Gasteiger partial charge < -0.3 is 0 Å². The minimum Gasteiger partial charge on any atom is -0.256 e. The van der Waals surface area contributed by atoms with Gasteiger partial charge in [-0.2, -0.15) is 0 Å². The van der Waals surface area contributed by atoms with Gasteiger partial charge in [0.05, 0.1) is 6.20 Å². The Morgan fingerprint density at radius 1 is 1.78 bits per heavy atom. The molecule has 0 aliphatic rings. The highest BCUT2D eigenvalue weighted by atomic mass is 79.9. The zero-order chi connectivity index (χ0) is 7.28. The van der Waals surface area contributed by atoms with Crippen LogP contribution < -0.4 is 0 Å². The average Bonchev–Trinajstić information content (AvgIpc) is 1.83. The van der Waals surface area contributed by atoms with Gasteiger partial charge in [-0.25, -0.2) is 4.99 Å². The summed E-state index contributed by atoms with van der Waals surface area (Å²) in [7, 11) is 0. The molecule has 4 heteroatoms. The van der Waals surface area contributed by atoms with Crippen molar-refractivity contribution in [3.05, 3.63) is 10.8 Å². The summed E-state index contributed by atoms with van der Waals surface area (Å²) in [6.45, 7) is 4.94. The molecule has 2 nitrogen and oxygen atoms in total. The van der Waals surface area contributed by atoms with Crippen molar-refractivity contribution >= 4 is 39.4 Å². The first-order valence-corrected chi connectivity index (χ1v) is 3.36. The van der Waals surface area contributed by atoms with Gasteiger partial charge in [0.25, 0.3) is 0 Å². The van der Waals surface area contributed by atoms with Crippen LogP contribution in [0.4, 0.5) is 0 Å². The molecule has 0 aromatic rings. The van der Waals surface area contributed by atoms with E-state index in [9.17, 15) is 0 Å². The van der Waals surface area contributed by atoms with Crippen LogP contribution in [0.1, 0.15) is 6.92 Å². The third kappa shape index (κ3) is 5.73. The van der Waals surface area contributed by atoms with Crippen molar-refractivity contribution in [1.82, 2.24) is 0 Å². The van der Waals surface area contributed by atoms with Crippen molar-refractivity contribution in [2.75, 3.05) is 0 Å². The van der Waals surface area contributed by atoms with E-state index in [4.69, 9.17) is 11.6 Å². The number of aliphatic imine (C=N–C) groups is 2. The van der Waals surface area contributed by atoms with E-state index >= 15 is 0 Å². The summed E-state index contributed by atoms with van der Waals surface area (Å²) in [5, 5.41) is 0.468. The highest BCUT2D eigenvalue weighted by Gasteiger charge is 1.80. The molecule has 0 saturated heterocycles. The summed E-state index contributed by atoms with van der Waals surface area (Å²) >= 11 is 8.47. The topological polar surface area (TPSA) is 24.7 Å². The lowest BCUT2D eigenvalue weighted by Crippen LogP contribution is -1.70. The molecule has 0 rings (SSSR count). The van der Waals surface area contributed by atoms with Gasteiger partial charge in [0.1, 0.15) is 9.78 Å². The fraction of sp³-hybridized carbons (Fsp3) is 0.200. The first kappa shape index (κ1) is 8.85. The van der Waals surface area contributed by atoms with Crippen LogP contribution in [-0.2, 0) is 0 Å². The molecule has 0 bridgehead atoms. The Morgan fingerprint density at radius 3 is 2.67 bits per heavy atom. The van der Waals surface area contributed by atoms with Gasteiger partial charge in [-0.3, -0.25) is 4.99 Å². The molecular formula is C5H6BrClN2. The maximum absolute atomic E-state index is 5.40. The van der Waals surface area contributed by atoms with Gasteiger partial charge in [-0.1, -0.05) is 11.6 Å². The maximum Gasteiger partial charge on any atom is 0.123 e. The Hall–Kier alpha value is -0.150. The second kappa shape index (κ2) is 4.70. The minimum atomic E-state index is 0.468. The lowest BCUT2D eigenvalue weighted by molar-refractivity contribution is 1.47. The molecule has 0 aromatic carbocycles. The molecule has 50 valence electrons. The summed E-state index contributed by atoms with van der Waals surface area (Å²) in [5.41, 5.74) is 0. The number of hydrogen-bond donors (Lipinski definition) is 0. The zero-order valence-electron chi connectivity index (χ0n) is 4.93. The normalized spacial score (nSPS) is 13.7. The van der Waals surface area contributed by atoms with Crippen molar-refractivity contribution in [1.29, 1.82) is 0 Å². The lowest BCUT2D eigenvalue weighted by Gasteiger charge is -1.82. The lowest BCUT2D eigenvalue weighted by atomic mass is 10.8. The predicted octanol–water partition coefficient (Wildman–Crippen LogP) is 2.54. The third-order valence-electron chi connectivity index (χ3n) is 0.500. The molecule has 0 aliphatic heterocycles. The van der Waals surface area contributed by atoms with Gasteiger partial charge in [0.2, 0.25) is 0 Å². The monoisotopic (exact) mass is 208 g/mol. The van der Waals surface area contributed by atoms with Crippen LogP contribution in [0.2, 0.25) is 0 Å². The molecule has 0 saturated carbocycles. The molecule has 0 unspecified atom stereocenters. The third-order valence-corrected chi connectivity index (χ3v) is 1.05. The molecule has 0 atom stereocenters. The van der Waals surface area contributed by atoms with Gasteiger partial charge in [-0.05, 0) is 29.6 Å². The quantitative estimate of drug-likeness (QED) is 0.493. The highest BCUT2D eigenvalue weighted by Crippen LogP contribution is 2.04. The van der Waals surface area contributed by atoms with Crippen molar-refractivity contribution < 1.29 is 0 Å². The Balaban J connectivity index is 3.98. The molecular weight excluding hydrogens is 203 g/mol. The van der Waals surface area contributed by atoms with Gasteiger partial charge in [0, 0.05) is 0 Å². The average molecular weight is 209 g/mol. The molecule has 0 fully saturated rings. The van der Waals surface area contributed by atoms with E-state index in [1.807, 2.05) is 0 Å². The summed E-state index contributed by atoms with van der Waals surface area (Å²) in [5.74, 6) is 0. The summed E-state index contributed by atoms with van der Waals surface area (Å²) < 4.78 is 0.572. The van der Waals surface area contributed by atoms with Crippen LogP contribution in [-0.4, -0.2) is 11.9 Å². The number of hydrogen-bond acceptors (Lipinski definition) is 2. The Bertz CT molecular complexity index is 158. The molecule has 9 heavy (non-hydrogen) atoms. The fourth-order valence-corrected chi connectivity index (χ4v) is 0.334. The van der Waals surface area contributed by atoms with E-state index in [0.29, 0.717) is 9.78 Å². The van der Waals surface area contributed by atoms with E-state index < -0.39 is 0 Å². The van der Waals surface area contributed by atoms with Crippen LogP contribution in [0.5, 0.6) is 0 Å². The minimum absolute atomic E-state index is 0.468. The Labute approximate surface area is 67.5 Å². The second-order valence-corrected chi connectivity index (χ2v) is 2.60. The van der Waals surface area contributed by atoms with Crippen molar-refractivity contribution in [2.24, 2.45) is 9.98 Å². The molecule has 0 radical (unpaired) electrons. The predicted molar refractivity (Wildman–Crippen MR) is 45.5 cm³/mol. The maximum atomic E-state index is 5.40. The molecule has 0 N–H and O–H groups in total. The second-order valence-electron chi connectivity index (χ2n) is 1.24. The standard InChI is InChI=1S/C5H6BrClN2/c1-4(7)9-3-5(6)8-2/h3H,2H2,1H3/b5-3-,9-4?. The van der Waals surface area contributed by atoms with Gasteiger partial charge in [0.15, 0.2) is 0 Å². The van der Waals surface area contributed by atoms with Crippen LogP contribution in [0.25, 0.3) is 0 Å². The number of rotatable bonds is 2. The first-order valence-electron chi connectivity index (χ1n) is 2.19. The van der Waals surface area contributed by atoms with E-state index in [0.717, 1.165) is 0 Å². The van der Waals surface area contributed by atoms with Crippen LogP contribution >= 0.6 is 27.5 Å². The number of nitrogens with zero attached hydrogens (tertiary/aromatic N) is 2. The van der Waals surface area contributed by atoms with Crippen LogP contribution in [0, 0.1) is 0 Å². The zero-order valence-corrected chi connectivity index (χ0v) is 7.28. The first-order chi connectivity index (χ1) is 4.16. The van der Waals surface area contributed by atoms with Crippen molar-refractivity contribution in [2.45, 2.75) is 6.92 Å².